The Morgan fingerprint density at radius 2 is 1.88 bits per heavy atom. The second-order valence-electron chi connectivity index (χ2n) is 5.97. The Hall–Kier alpha value is -0.610. The highest BCUT2D eigenvalue weighted by Crippen LogP contribution is 2.25. The minimum atomic E-state index is 0.180. The number of rotatable bonds is 4. The fourth-order valence-corrected chi connectivity index (χ4v) is 2.75. The zero-order chi connectivity index (χ0) is 12.4. The number of likely N-dealkylation sites (tertiary alicyclic amines) is 1. The van der Waals surface area contributed by atoms with Gasteiger partial charge in [0.15, 0.2) is 0 Å². The van der Waals surface area contributed by atoms with Gasteiger partial charge in [-0.25, -0.2) is 0 Å². The van der Waals surface area contributed by atoms with Crippen LogP contribution in [0.1, 0.15) is 20.8 Å². The molecule has 0 aromatic carbocycles. The number of carbonyl (C=O) groups excluding carboxylic acids is 1. The Morgan fingerprint density at radius 3 is 2.41 bits per heavy atom. The SMILES string of the molecule is CC(C)C(C)NC(=O)CN1CC2CNCC2C1. The molecule has 2 aliphatic rings. The average molecular weight is 239 g/mol. The molecule has 2 rings (SSSR count). The predicted molar refractivity (Wildman–Crippen MR) is 68.7 cm³/mol. The highest BCUT2D eigenvalue weighted by atomic mass is 16.2. The first-order valence-electron chi connectivity index (χ1n) is 6.78. The van der Waals surface area contributed by atoms with Gasteiger partial charge in [-0.15, -0.1) is 0 Å². The third kappa shape index (κ3) is 3.19. The molecule has 0 aromatic rings. The summed E-state index contributed by atoms with van der Waals surface area (Å²) in [5.41, 5.74) is 0. The second-order valence-corrected chi connectivity index (χ2v) is 5.97. The maximum Gasteiger partial charge on any atom is 0.234 e. The van der Waals surface area contributed by atoms with E-state index in [4.69, 9.17) is 0 Å². The van der Waals surface area contributed by atoms with Crippen LogP contribution in [-0.2, 0) is 4.79 Å². The molecule has 0 bridgehead atoms. The van der Waals surface area contributed by atoms with Crippen LogP contribution in [0.25, 0.3) is 0 Å². The highest BCUT2D eigenvalue weighted by Gasteiger charge is 2.36. The largest absolute Gasteiger partial charge is 0.352 e. The van der Waals surface area contributed by atoms with E-state index in [0.717, 1.165) is 38.0 Å². The smallest absolute Gasteiger partial charge is 0.234 e. The van der Waals surface area contributed by atoms with Crippen molar-refractivity contribution in [1.29, 1.82) is 0 Å². The van der Waals surface area contributed by atoms with E-state index in [2.05, 4.69) is 36.3 Å². The minimum Gasteiger partial charge on any atom is -0.352 e. The van der Waals surface area contributed by atoms with Crippen LogP contribution in [-0.4, -0.2) is 49.6 Å². The first-order chi connectivity index (χ1) is 8.06. The topological polar surface area (TPSA) is 44.4 Å². The van der Waals surface area contributed by atoms with Gasteiger partial charge in [-0.3, -0.25) is 9.69 Å². The van der Waals surface area contributed by atoms with Crippen molar-refractivity contribution in [3.63, 3.8) is 0 Å². The summed E-state index contributed by atoms with van der Waals surface area (Å²) in [6.45, 7) is 11.3. The molecule has 98 valence electrons. The van der Waals surface area contributed by atoms with Crippen molar-refractivity contribution in [1.82, 2.24) is 15.5 Å². The molecule has 1 amide bonds. The van der Waals surface area contributed by atoms with Crippen molar-refractivity contribution in [2.45, 2.75) is 26.8 Å². The van der Waals surface area contributed by atoms with Gasteiger partial charge in [-0.05, 0) is 37.8 Å². The lowest BCUT2D eigenvalue weighted by molar-refractivity contribution is -0.122. The van der Waals surface area contributed by atoms with E-state index in [-0.39, 0.29) is 11.9 Å². The summed E-state index contributed by atoms with van der Waals surface area (Å²) >= 11 is 0. The van der Waals surface area contributed by atoms with Gasteiger partial charge < -0.3 is 10.6 Å². The van der Waals surface area contributed by atoms with Gasteiger partial charge in [-0.1, -0.05) is 13.8 Å². The molecule has 4 nitrogen and oxygen atoms in total. The van der Waals surface area contributed by atoms with E-state index in [1.54, 1.807) is 0 Å². The first-order valence-corrected chi connectivity index (χ1v) is 6.78. The number of amides is 1. The molecule has 2 N–H and O–H groups in total. The molecule has 4 heteroatoms. The molecular weight excluding hydrogens is 214 g/mol. The molecule has 3 atom stereocenters. The van der Waals surface area contributed by atoms with Crippen molar-refractivity contribution in [3.8, 4) is 0 Å². The maximum absolute atomic E-state index is 11.9. The lowest BCUT2D eigenvalue weighted by Crippen LogP contribution is -2.42. The molecule has 0 aromatic heterocycles. The van der Waals surface area contributed by atoms with Gasteiger partial charge >= 0.3 is 0 Å². The highest BCUT2D eigenvalue weighted by molar-refractivity contribution is 5.78. The first kappa shape index (κ1) is 12.8. The van der Waals surface area contributed by atoms with Crippen molar-refractivity contribution < 1.29 is 4.79 Å². The molecule has 0 radical (unpaired) electrons. The van der Waals surface area contributed by atoms with E-state index in [9.17, 15) is 4.79 Å². The Bertz CT molecular complexity index is 268. The molecular formula is C13H25N3O. The molecule has 0 saturated carbocycles. The van der Waals surface area contributed by atoms with Crippen LogP contribution in [0, 0.1) is 17.8 Å². The average Bonchev–Trinajstić information content (AvgIpc) is 2.76. The normalized spacial score (nSPS) is 30.6. The van der Waals surface area contributed by atoms with Gasteiger partial charge in [0.2, 0.25) is 5.91 Å². The van der Waals surface area contributed by atoms with Crippen LogP contribution in [0.2, 0.25) is 0 Å². The summed E-state index contributed by atoms with van der Waals surface area (Å²) in [5.74, 6) is 2.22. The minimum absolute atomic E-state index is 0.180. The van der Waals surface area contributed by atoms with E-state index in [0.29, 0.717) is 12.5 Å². The standard InChI is InChI=1S/C13H25N3O/c1-9(2)10(3)15-13(17)8-16-6-11-4-14-5-12(11)7-16/h9-12,14H,4-8H2,1-3H3,(H,15,17). The number of carbonyl (C=O) groups is 1. The monoisotopic (exact) mass is 239 g/mol. The number of hydrogen-bond donors (Lipinski definition) is 2. The van der Waals surface area contributed by atoms with Crippen LogP contribution < -0.4 is 10.6 Å². The number of hydrogen-bond acceptors (Lipinski definition) is 3. The Morgan fingerprint density at radius 1 is 1.29 bits per heavy atom. The summed E-state index contributed by atoms with van der Waals surface area (Å²) in [7, 11) is 0. The number of nitrogens with one attached hydrogen (secondary N) is 2. The molecule has 2 saturated heterocycles. The maximum atomic E-state index is 11.9. The van der Waals surface area contributed by atoms with Crippen LogP contribution in [0.5, 0.6) is 0 Å². The third-order valence-corrected chi connectivity index (χ3v) is 4.22. The van der Waals surface area contributed by atoms with Crippen molar-refractivity contribution in [2.75, 3.05) is 32.7 Å². The van der Waals surface area contributed by atoms with Gasteiger partial charge in [0.1, 0.15) is 0 Å². The van der Waals surface area contributed by atoms with E-state index < -0.39 is 0 Å². The molecule has 3 unspecified atom stereocenters. The van der Waals surface area contributed by atoms with E-state index in [1.165, 1.54) is 0 Å². The third-order valence-electron chi connectivity index (χ3n) is 4.22. The molecule has 0 aliphatic carbocycles. The van der Waals surface area contributed by atoms with E-state index >= 15 is 0 Å². The molecule has 0 spiro atoms. The van der Waals surface area contributed by atoms with Crippen molar-refractivity contribution >= 4 is 5.91 Å². The number of nitrogens with zero attached hydrogens (tertiary/aromatic N) is 1. The Balaban J connectivity index is 1.73. The van der Waals surface area contributed by atoms with Gasteiger partial charge in [0.25, 0.3) is 0 Å². The van der Waals surface area contributed by atoms with Crippen LogP contribution in [0.4, 0.5) is 0 Å². The molecule has 2 aliphatic heterocycles. The predicted octanol–water partition coefficient (Wildman–Crippen LogP) is 0.298. The van der Waals surface area contributed by atoms with Crippen molar-refractivity contribution in [3.05, 3.63) is 0 Å². The fourth-order valence-electron chi connectivity index (χ4n) is 2.75. The van der Waals surface area contributed by atoms with Crippen LogP contribution in [0.15, 0.2) is 0 Å². The quantitative estimate of drug-likeness (QED) is 0.741. The zero-order valence-electron chi connectivity index (χ0n) is 11.2. The van der Waals surface area contributed by atoms with Gasteiger partial charge in [-0.2, -0.15) is 0 Å². The lowest BCUT2D eigenvalue weighted by atomic mass is 10.0. The Kier molecular flexibility index (Phi) is 4.05. The Labute approximate surface area is 104 Å². The molecule has 2 heterocycles. The van der Waals surface area contributed by atoms with E-state index in [1.807, 2.05) is 0 Å². The molecule has 17 heavy (non-hydrogen) atoms. The van der Waals surface area contributed by atoms with Crippen LogP contribution in [0.3, 0.4) is 0 Å². The zero-order valence-corrected chi connectivity index (χ0v) is 11.2. The van der Waals surface area contributed by atoms with Gasteiger partial charge in [0.05, 0.1) is 6.54 Å². The molecule has 2 fully saturated rings. The summed E-state index contributed by atoms with van der Waals surface area (Å²) in [5, 5.41) is 6.49. The van der Waals surface area contributed by atoms with Crippen molar-refractivity contribution in [2.24, 2.45) is 17.8 Å². The summed E-state index contributed by atoms with van der Waals surface area (Å²) in [6, 6.07) is 0.270. The second kappa shape index (κ2) is 5.36. The fraction of sp³-hybridized carbons (Fsp3) is 0.923. The lowest BCUT2D eigenvalue weighted by Gasteiger charge is -2.21. The van der Waals surface area contributed by atoms with Crippen LogP contribution >= 0.6 is 0 Å². The summed E-state index contributed by atoms with van der Waals surface area (Å²) in [6.07, 6.45) is 0. The summed E-state index contributed by atoms with van der Waals surface area (Å²) < 4.78 is 0. The number of fused-ring (bicyclic) bond motifs is 1. The summed E-state index contributed by atoms with van der Waals surface area (Å²) in [4.78, 5) is 14.2. The van der Waals surface area contributed by atoms with Gasteiger partial charge in [0, 0.05) is 19.1 Å².